The van der Waals surface area contributed by atoms with Crippen molar-refractivity contribution in [2.75, 3.05) is 13.1 Å². The summed E-state index contributed by atoms with van der Waals surface area (Å²) in [6, 6.07) is 0.391. The van der Waals surface area contributed by atoms with E-state index in [0.29, 0.717) is 6.04 Å². The zero-order valence-electron chi connectivity index (χ0n) is 9.26. The van der Waals surface area contributed by atoms with E-state index in [1.807, 2.05) is 16.8 Å². The number of hydrogen-bond donors (Lipinski definition) is 1. The molecule has 1 atom stereocenters. The van der Waals surface area contributed by atoms with Gasteiger partial charge in [0, 0.05) is 36.5 Å². The molecule has 1 aliphatic carbocycles. The second-order valence-corrected chi connectivity index (χ2v) is 5.66. The van der Waals surface area contributed by atoms with Crippen molar-refractivity contribution < 1.29 is 0 Å². The van der Waals surface area contributed by atoms with Gasteiger partial charge in [-0.15, -0.1) is 23.7 Å². The molecule has 1 aromatic heterocycles. The Morgan fingerprint density at radius 2 is 2.25 bits per heavy atom. The van der Waals surface area contributed by atoms with Crippen molar-refractivity contribution >= 4 is 23.7 Å². The largest absolute Gasteiger partial charge is 0.326 e. The smallest absolute Gasteiger partial charge is 0.0798 e. The van der Waals surface area contributed by atoms with Gasteiger partial charge in [-0.1, -0.05) is 0 Å². The van der Waals surface area contributed by atoms with Gasteiger partial charge in [0.25, 0.3) is 0 Å². The minimum Gasteiger partial charge on any atom is -0.326 e. The Balaban J connectivity index is 0.000000963. The Morgan fingerprint density at radius 3 is 2.88 bits per heavy atom. The molecule has 2 aliphatic rings. The summed E-state index contributed by atoms with van der Waals surface area (Å²) < 4.78 is 0. The number of nitrogens with two attached hydrogens (primary N) is 1. The summed E-state index contributed by atoms with van der Waals surface area (Å²) in [5.74, 6) is 0.780. The highest BCUT2D eigenvalue weighted by Gasteiger charge is 2.29. The van der Waals surface area contributed by atoms with Gasteiger partial charge in [-0.2, -0.15) is 0 Å². The molecule has 0 bridgehead atoms. The van der Waals surface area contributed by atoms with Crippen LogP contribution in [0.3, 0.4) is 0 Å². The van der Waals surface area contributed by atoms with Gasteiger partial charge in [-0.25, -0.2) is 4.98 Å². The van der Waals surface area contributed by atoms with Gasteiger partial charge < -0.3 is 5.73 Å². The van der Waals surface area contributed by atoms with E-state index in [0.717, 1.165) is 32.0 Å². The number of thiazole rings is 1. The summed E-state index contributed by atoms with van der Waals surface area (Å²) in [5, 5.41) is 0. The zero-order chi connectivity index (χ0) is 10.3. The van der Waals surface area contributed by atoms with Crippen LogP contribution in [0.5, 0.6) is 0 Å². The van der Waals surface area contributed by atoms with Gasteiger partial charge in [-0.05, 0) is 19.3 Å². The quantitative estimate of drug-likeness (QED) is 0.903. The number of hydrogen-bond acceptors (Lipinski definition) is 4. The molecular formula is C11H18ClN3S. The lowest BCUT2D eigenvalue weighted by atomic mass is 10.2. The highest BCUT2D eigenvalue weighted by molar-refractivity contribution is 7.09. The van der Waals surface area contributed by atoms with Crippen LogP contribution in [-0.2, 0) is 6.54 Å². The van der Waals surface area contributed by atoms with Crippen molar-refractivity contribution in [3.05, 3.63) is 16.1 Å². The summed E-state index contributed by atoms with van der Waals surface area (Å²) in [5.41, 5.74) is 9.28. The highest BCUT2D eigenvalue weighted by Crippen LogP contribution is 2.42. The van der Waals surface area contributed by atoms with Crippen molar-refractivity contribution in [2.45, 2.75) is 37.8 Å². The molecule has 1 saturated heterocycles. The molecule has 5 heteroatoms. The Bertz CT molecular complexity index is 351. The van der Waals surface area contributed by atoms with Crippen LogP contribution in [0.1, 0.15) is 35.8 Å². The van der Waals surface area contributed by atoms with E-state index in [1.54, 1.807) is 0 Å². The van der Waals surface area contributed by atoms with Crippen LogP contribution in [0.2, 0.25) is 0 Å². The summed E-state index contributed by atoms with van der Waals surface area (Å²) in [4.78, 5) is 8.44. The maximum Gasteiger partial charge on any atom is 0.0798 e. The molecule has 2 N–H and O–H groups in total. The molecule has 3 nitrogen and oxygen atoms in total. The maximum absolute atomic E-state index is 5.91. The van der Waals surface area contributed by atoms with Gasteiger partial charge in [0.2, 0.25) is 0 Å². The molecule has 90 valence electrons. The van der Waals surface area contributed by atoms with Crippen molar-refractivity contribution in [3.63, 3.8) is 0 Å². The molecule has 0 aromatic carbocycles. The van der Waals surface area contributed by atoms with Crippen LogP contribution in [0.4, 0.5) is 0 Å². The van der Waals surface area contributed by atoms with E-state index in [1.165, 1.54) is 23.4 Å². The molecule has 0 radical (unpaired) electrons. The number of nitrogens with zero attached hydrogens (tertiary/aromatic N) is 2. The number of aromatic nitrogens is 1. The first-order chi connectivity index (χ1) is 7.33. The fourth-order valence-corrected chi connectivity index (χ4v) is 3.19. The lowest BCUT2D eigenvalue weighted by Crippen LogP contribution is -2.26. The SMILES string of the molecule is Cl.N[C@H]1CCN(Cc2scnc2C2CC2)C1. The molecular weight excluding hydrogens is 242 g/mol. The molecule has 2 heterocycles. The molecule has 16 heavy (non-hydrogen) atoms. The Hall–Kier alpha value is -0.160. The lowest BCUT2D eigenvalue weighted by molar-refractivity contribution is 0.328. The maximum atomic E-state index is 5.91. The van der Waals surface area contributed by atoms with Crippen LogP contribution < -0.4 is 5.73 Å². The first-order valence-electron chi connectivity index (χ1n) is 5.73. The minimum absolute atomic E-state index is 0. The molecule has 2 fully saturated rings. The van der Waals surface area contributed by atoms with E-state index >= 15 is 0 Å². The summed E-state index contributed by atoms with van der Waals surface area (Å²) in [7, 11) is 0. The first kappa shape index (κ1) is 12.3. The molecule has 0 spiro atoms. The molecule has 1 saturated carbocycles. The average molecular weight is 260 g/mol. The minimum atomic E-state index is 0. The van der Waals surface area contributed by atoms with Crippen LogP contribution in [0.25, 0.3) is 0 Å². The van der Waals surface area contributed by atoms with Crippen molar-refractivity contribution in [3.8, 4) is 0 Å². The lowest BCUT2D eigenvalue weighted by Gasteiger charge is -2.14. The predicted molar refractivity (Wildman–Crippen MR) is 69.2 cm³/mol. The van der Waals surface area contributed by atoms with Crippen LogP contribution >= 0.6 is 23.7 Å². The van der Waals surface area contributed by atoms with Gasteiger partial charge in [0.15, 0.2) is 0 Å². The van der Waals surface area contributed by atoms with Gasteiger partial charge in [-0.3, -0.25) is 4.90 Å². The van der Waals surface area contributed by atoms with E-state index in [9.17, 15) is 0 Å². The van der Waals surface area contributed by atoms with Crippen LogP contribution in [0, 0.1) is 0 Å². The standard InChI is InChI=1S/C11H17N3S.ClH/c12-9-3-4-14(5-9)6-10-11(8-1-2-8)13-7-15-10;/h7-9H,1-6,12H2;1H/t9-;/m0./s1. The molecule has 1 aliphatic heterocycles. The molecule has 1 aromatic rings. The second kappa shape index (κ2) is 5.00. The van der Waals surface area contributed by atoms with Gasteiger partial charge >= 0.3 is 0 Å². The molecule has 3 rings (SSSR count). The van der Waals surface area contributed by atoms with Crippen molar-refractivity contribution in [2.24, 2.45) is 5.73 Å². The van der Waals surface area contributed by atoms with Crippen LogP contribution in [0.15, 0.2) is 5.51 Å². The third kappa shape index (κ3) is 2.56. The van der Waals surface area contributed by atoms with Crippen molar-refractivity contribution in [1.82, 2.24) is 9.88 Å². The third-order valence-corrected chi connectivity index (χ3v) is 4.15. The Kier molecular flexibility index (Phi) is 3.85. The second-order valence-electron chi connectivity index (χ2n) is 4.72. The summed E-state index contributed by atoms with van der Waals surface area (Å²) in [6.07, 6.45) is 3.84. The predicted octanol–water partition coefficient (Wildman–Crippen LogP) is 1.98. The average Bonchev–Trinajstić information content (AvgIpc) is 2.83. The Labute approximate surface area is 106 Å². The van der Waals surface area contributed by atoms with E-state index in [4.69, 9.17) is 5.73 Å². The Morgan fingerprint density at radius 1 is 1.44 bits per heavy atom. The van der Waals surface area contributed by atoms with Gasteiger partial charge in [0.05, 0.1) is 11.2 Å². The number of rotatable bonds is 3. The fourth-order valence-electron chi connectivity index (χ4n) is 2.30. The normalized spacial score (nSPS) is 25.7. The van der Waals surface area contributed by atoms with E-state index < -0.39 is 0 Å². The first-order valence-corrected chi connectivity index (χ1v) is 6.61. The number of halogens is 1. The highest BCUT2D eigenvalue weighted by atomic mass is 35.5. The monoisotopic (exact) mass is 259 g/mol. The zero-order valence-corrected chi connectivity index (χ0v) is 10.9. The third-order valence-electron chi connectivity index (χ3n) is 3.31. The van der Waals surface area contributed by atoms with Gasteiger partial charge in [0.1, 0.15) is 0 Å². The molecule has 0 unspecified atom stereocenters. The molecule has 0 amide bonds. The summed E-state index contributed by atoms with van der Waals surface area (Å²) >= 11 is 1.81. The fraction of sp³-hybridized carbons (Fsp3) is 0.727. The van der Waals surface area contributed by atoms with Crippen molar-refractivity contribution in [1.29, 1.82) is 0 Å². The topological polar surface area (TPSA) is 42.1 Å². The summed E-state index contributed by atoms with van der Waals surface area (Å²) in [6.45, 7) is 3.29. The van der Waals surface area contributed by atoms with E-state index in [2.05, 4.69) is 9.88 Å². The van der Waals surface area contributed by atoms with E-state index in [-0.39, 0.29) is 12.4 Å². The number of likely N-dealkylation sites (tertiary alicyclic amines) is 1. The van der Waals surface area contributed by atoms with Crippen LogP contribution in [-0.4, -0.2) is 29.0 Å².